The van der Waals surface area contributed by atoms with Gasteiger partial charge in [-0.05, 0) is 19.8 Å². The molecule has 5 heteroatoms. The van der Waals surface area contributed by atoms with Gasteiger partial charge in [-0.3, -0.25) is 0 Å². The SMILES string of the molecule is CCCn1nncc1C(N)C(CC)OCC. The number of rotatable bonds is 7. The lowest BCUT2D eigenvalue weighted by Crippen LogP contribution is -2.30. The van der Waals surface area contributed by atoms with Crippen molar-refractivity contribution in [3.63, 3.8) is 0 Å². The van der Waals surface area contributed by atoms with Crippen LogP contribution in [0.15, 0.2) is 6.20 Å². The highest BCUT2D eigenvalue weighted by atomic mass is 16.5. The molecule has 0 saturated carbocycles. The molecule has 0 radical (unpaired) electrons. The van der Waals surface area contributed by atoms with Crippen LogP contribution < -0.4 is 5.73 Å². The average Bonchev–Trinajstić information content (AvgIpc) is 2.73. The van der Waals surface area contributed by atoms with Crippen molar-refractivity contribution in [1.29, 1.82) is 0 Å². The molecule has 1 rings (SSSR count). The van der Waals surface area contributed by atoms with Crippen molar-refractivity contribution >= 4 is 0 Å². The quantitative estimate of drug-likeness (QED) is 0.765. The van der Waals surface area contributed by atoms with Crippen LogP contribution in [0.1, 0.15) is 45.3 Å². The summed E-state index contributed by atoms with van der Waals surface area (Å²) in [7, 11) is 0. The van der Waals surface area contributed by atoms with E-state index < -0.39 is 0 Å². The summed E-state index contributed by atoms with van der Waals surface area (Å²) in [5.41, 5.74) is 7.15. The van der Waals surface area contributed by atoms with Crippen LogP contribution in [-0.2, 0) is 11.3 Å². The summed E-state index contributed by atoms with van der Waals surface area (Å²) < 4.78 is 7.48. The summed E-state index contributed by atoms with van der Waals surface area (Å²) in [5.74, 6) is 0. The van der Waals surface area contributed by atoms with Gasteiger partial charge in [0.25, 0.3) is 0 Å². The van der Waals surface area contributed by atoms with Gasteiger partial charge in [0.2, 0.25) is 0 Å². The Kier molecular flexibility index (Phi) is 5.42. The molecule has 0 aromatic carbocycles. The lowest BCUT2D eigenvalue weighted by molar-refractivity contribution is 0.0393. The van der Waals surface area contributed by atoms with Crippen molar-refractivity contribution < 1.29 is 4.74 Å². The van der Waals surface area contributed by atoms with Crippen molar-refractivity contribution in [2.24, 2.45) is 5.73 Å². The Hall–Kier alpha value is -0.940. The first-order valence-electron chi connectivity index (χ1n) is 6.00. The maximum Gasteiger partial charge on any atom is 0.0780 e. The van der Waals surface area contributed by atoms with Crippen LogP contribution >= 0.6 is 0 Å². The van der Waals surface area contributed by atoms with Gasteiger partial charge < -0.3 is 10.5 Å². The molecule has 0 aliphatic rings. The fraction of sp³-hybridized carbons (Fsp3) is 0.818. The molecular formula is C11H22N4O. The van der Waals surface area contributed by atoms with E-state index in [1.807, 2.05) is 11.6 Å². The molecule has 1 aromatic heterocycles. The predicted molar refractivity (Wildman–Crippen MR) is 62.9 cm³/mol. The number of nitrogens with zero attached hydrogens (tertiary/aromatic N) is 3. The Bertz CT molecular complexity index is 300. The Labute approximate surface area is 97.0 Å². The fourth-order valence-corrected chi connectivity index (χ4v) is 1.79. The number of hydrogen-bond donors (Lipinski definition) is 1. The largest absolute Gasteiger partial charge is 0.376 e. The van der Waals surface area contributed by atoms with Crippen LogP contribution in [0.2, 0.25) is 0 Å². The average molecular weight is 226 g/mol. The number of hydrogen-bond acceptors (Lipinski definition) is 4. The molecular weight excluding hydrogens is 204 g/mol. The minimum absolute atomic E-state index is 0.0408. The summed E-state index contributed by atoms with van der Waals surface area (Å²) in [4.78, 5) is 0. The van der Waals surface area contributed by atoms with Crippen molar-refractivity contribution in [3.05, 3.63) is 11.9 Å². The molecule has 1 heterocycles. The van der Waals surface area contributed by atoms with E-state index in [0.717, 1.165) is 25.1 Å². The second-order valence-electron chi connectivity index (χ2n) is 3.81. The van der Waals surface area contributed by atoms with Crippen LogP contribution in [0.25, 0.3) is 0 Å². The van der Waals surface area contributed by atoms with Crippen LogP contribution in [0.5, 0.6) is 0 Å². The van der Waals surface area contributed by atoms with Gasteiger partial charge in [0.05, 0.1) is 24.0 Å². The Balaban J connectivity index is 2.76. The van der Waals surface area contributed by atoms with Crippen molar-refractivity contribution in [2.45, 2.75) is 52.3 Å². The molecule has 0 bridgehead atoms. The van der Waals surface area contributed by atoms with E-state index in [1.54, 1.807) is 6.20 Å². The summed E-state index contributed by atoms with van der Waals surface area (Å²) >= 11 is 0. The molecule has 5 nitrogen and oxygen atoms in total. The normalized spacial score (nSPS) is 15.0. The topological polar surface area (TPSA) is 66.0 Å². The van der Waals surface area contributed by atoms with Crippen LogP contribution in [0.4, 0.5) is 0 Å². The summed E-state index contributed by atoms with van der Waals surface area (Å²) in [6.45, 7) is 7.70. The molecule has 1 aromatic rings. The highest BCUT2D eigenvalue weighted by molar-refractivity contribution is 5.03. The van der Waals surface area contributed by atoms with Gasteiger partial charge in [-0.15, -0.1) is 5.10 Å². The van der Waals surface area contributed by atoms with E-state index >= 15 is 0 Å². The molecule has 0 aliphatic carbocycles. The zero-order chi connectivity index (χ0) is 12.0. The van der Waals surface area contributed by atoms with E-state index in [2.05, 4.69) is 24.2 Å². The number of ether oxygens (including phenoxy) is 1. The minimum atomic E-state index is -0.147. The smallest absolute Gasteiger partial charge is 0.0780 e. The van der Waals surface area contributed by atoms with Gasteiger partial charge in [-0.2, -0.15) is 0 Å². The molecule has 0 spiro atoms. The molecule has 2 atom stereocenters. The minimum Gasteiger partial charge on any atom is -0.376 e. The molecule has 0 fully saturated rings. The monoisotopic (exact) mass is 226 g/mol. The standard InChI is InChI=1S/C11H22N4O/c1-4-7-15-9(8-13-14-15)11(12)10(5-2)16-6-3/h8,10-11H,4-7,12H2,1-3H3. The van der Waals surface area contributed by atoms with Gasteiger partial charge in [0.1, 0.15) is 0 Å². The molecule has 2 N–H and O–H groups in total. The second-order valence-corrected chi connectivity index (χ2v) is 3.81. The van der Waals surface area contributed by atoms with Gasteiger partial charge in [0.15, 0.2) is 0 Å². The van der Waals surface area contributed by atoms with Gasteiger partial charge >= 0.3 is 0 Å². The first-order valence-corrected chi connectivity index (χ1v) is 6.00. The van der Waals surface area contributed by atoms with Gasteiger partial charge in [-0.1, -0.05) is 19.1 Å². The molecule has 0 saturated heterocycles. The van der Waals surface area contributed by atoms with E-state index in [4.69, 9.17) is 10.5 Å². The van der Waals surface area contributed by atoms with E-state index in [-0.39, 0.29) is 12.1 Å². The summed E-state index contributed by atoms with van der Waals surface area (Å²) in [5, 5.41) is 7.95. The maximum absolute atomic E-state index is 6.19. The number of aromatic nitrogens is 3. The zero-order valence-electron chi connectivity index (χ0n) is 10.4. The first-order chi connectivity index (χ1) is 7.74. The fourth-order valence-electron chi connectivity index (χ4n) is 1.79. The Morgan fingerprint density at radius 2 is 2.19 bits per heavy atom. The lowest BCUT2D eigenvalue weighted by atomic mass is 10.1. The predicted octanol–water partition coefficient (Wildman–Crippen LogP) is 1.50. The van der Waals surface area contributed by atoms with E-state index in [1.165, 1.54) is 0 Å². The van der Waals surface area contributed by atoms with E-state index in [9.17, 15) is 0 Å². The molecule has 0 aliphatic heterocycles. The lowest BCUT2D eigenvalue weighted by Gasteiger charge is -2.22. The zero-order valence-corrected chi connectivity index (χ0v) is 10.4. The Morgan fingerprint density at radius 1 is 1.44 bits per heavy atom. The Morgan fingerprint density at radius 3 is 2.75 bits per heavy atom. The number of nitrogens with two attached hydrogens (primary N) is 1. The van der Waals surface area contributed by atoms with E-state index in [0.29, 0.717) is 6.61 Å². The molecule has 92 valence electrons. The third-order valence-electron chi connectivity index (χ3n) is 2.61. The van der Waals surface area contributed by atoms with Gasteiger partial charge in [0, 0.05) is 13.2 Å². The highest BCUT2D eigenvalue weighted by Gasteiger charge is 2.21. The summed E-state index contributed by atoms with van der Waals surface area (Å²) in [6, 6.07) is -0.147. The molecule has 0 amide bonds. The third-order valence-corrected chi connectivity index (χ3v) is 2.61. The highest BCUT2D eigenvalue weighted by Crippen LogP contribution is 2.18. The second kappa shape index (κ2) is 6.60. The van der Waals surface area contributed by atoms with Crippen molar-refractivity contribution in [2.75, 3.05) is 6.61 Å². The molecule has 2 unspecified atom stereocenters. The molecule has 16 heavy (non-hydrogen) atoms. The van der Waals surface area contributed by atoms with Crippen molar-refractivity contribution in [3.8, 4) is 0 Å². The summed E-state index contributed by atoms with van der Waals surface area (Å²) in [6.07, 6.45) is 3.70. The van der Waals surface area contributed by atoms with Crippen LogP contribution in [0, 0.1) is 0 Å². The van der Waals surface area contributed by atoms with Gasteiger partial charge in [-0.25, -0.2) is 4.68 Å². The maximum atomic E-state index is 6.19. The van der Waals surface area contributed by atoms with Crippen molar-refractivity contribution in [1.82, 2.24) is 15.0 Å². The van der Waals surface area contributed by atoms with Crippen LogP contribution in [-0.4, -0.2) is 27.7 Å². The van der Waals surface area contributed by atoms with Crippen LogP contribution in [0.3, 0.4) is 0 Å². The first kappa shape index (κ1) is 13.1. The third kappa shape index (κ3) is 3.02. The number of aryl methyl sites for hydroxylation is 1.